The third-order valence-electron chi connectivity index (χ3n) is 2.02. The molecule has 0 fully saturated rings. The lowest BCUT2D eigenvalue weighted by Gasteiger charge is -1.99. The van der Waals surface area contributed by atoms with E-state index < -0.39 is 0 Å². The van der Waals surface area contributed by atoms with Gasteiger partial charge in [-0.15, -0.1) is 11.3 Å². The molecular formula is C10H9IN2S. The van der Waals surface area contributed by atoms with Gasteiger partial charge in [-0.2, -0.15) is 0 Å². The summed E-state index contributed by atoms with van der Waals surface area (Å²) in [6.07, 6.45) is 3.38. The van der Waals surface area contributed by atoms with Gasteiger partial charge in [0.25, 0.3) is 0 Å². The van der Waals surface area contributed by atoms with E-state index in [4.69, 9.17) is 0 Å². The fourth-order valence-corrected chi connectivity index (χ4v) is 3.54. The molecule has 2 aromatic rings. The summed E-state index contributed by atoms with van der Waals surface area (Å²) in [6, 6.07) is 1.96. The zero-order valence-electron chi connectivity index (χ0n) is 7.91. The van der Waals surface area contributed by atoms with Gasteiger partial charge in [0, 0.05) is 25.1 Å². The minimum Gasteiger partial charge on any atom is -0.245 e. The number of rotatable bonds is 1. The average Bonchev–Trinajstić information content (AvgIpc) is 2.43. The molecule has 0 unspecified atom stereocenters. The second-order valence-corrected chi connectivity index (χ2v) is 5.51. The molecule has 0 saturated heterocycles. The molecule has 0 bridgehead atoms. The van der Waals surface area contributed by atoms with Crippen LogP contribution in [0.2, 0.25) is 0 Å². The SMILES string of the molecule is Cc1sc(C)c(-c2ccncn2)c1I. The van der Waals surface area contributed by atoms with Gasteiger partial charge in [0.05, 0.1) is 5.69 Å². The molecule has 2 nitrogen and oxygen atoms in total. The molecule has 0 atom stereocenters. The van der Waals surface area contributed by atoms with Crippen molar-refractivity contribution < 1.29 is 0 Å². The van der Waals surface area contributed by atoms with Crippen molar-refractivity contribution in [3.8, 4) is 11.3 Å². The Bertz CT molecular complexity index is 451. The zero-order valence-corrected chi connectivity index (χ0v) is 10.9. The number of aryl methyl sites for hydroxylation is 2. The second kappa shape index (κ2) is 3.94. The molecule has 0 aliphatic heterocycles. The van der Waals surface area contributed by atoms with Crippen LogP contribution in [0.15, 0.2) is 18.6 Å². The van der Waals surface area contributed by atoms with E-state index in [0.29, 0.717) is 0 Å². The first-order valence-electron chi connectivity index (χ1n) is 4.22. The summed E-state index contributed by atoms with van der Waals surface area (Å²) >= 11 is 4.20. The molecule has 2 aromatic heterocycles. The van der Waals surface area contributed by atoms with Crippen LogP contribution in [-0.2, 0) is 0 Å². The molecule has 0 saturated carbocycles. The maximum Gasteiger partial charge on any atom is 0.116 e. The fourth-order valence-electron chi connectivity index (χ4n) is 1.39. The van der Waals surface area contributed by atoms with E-state index in [1.54, 1.807) is 12.5 Å². The van der Waals surface area contributed by atoms with Crippen molar-refractivity contribution in [3.05, 3.63) is 31.9 Å². The van der Waals surface area contributed by atoms with Gasteiger partial charge in [0.1, 0.15) is 6.33 Å². The Kier molecular flexibility index (Phi) is 2.83. The minimum absolute atomic E-state index is 1.02. The van der Waals surface area contributed by atoms with E-state index in [9.17, 15) is 0 Å². The highest BCUT2D eigenvalue weighted by Crippen LogP contribution is 2.35. The minimum atomic E-state index is 1.02. The molecule has 0 N–H and O–H groups in total. The Morgan fingerprint density at radius 2 is 2.07 bits per heavy atom. The van der Waals surface area contributed by atoms with E-state index >= 15 is 0 Å². The van der Waals surface area contributed by atoms with Crippen LogP contribution >= 0.6 is 33.9 Å². The van der Waals surface area contributed by atoms with Crippen LogP contribution in [0.25, 0.3) is 11.3 Å². The van der Waals surface area contributed by atoms with Crippen molar-refractivity contribution in [2.75, 3.05) is 0 Å². The summed E-state index contributed by atoms with van der Waals surface area (Å²) in [5, 5.41) is 0. The first-order chi connectivity index (χ1) is 6.70. The molecule has 0 aliphatic carbocycles. The summed E-state index contributed by atoms with van der Waals surface area (Å²) in [6.45, 7) is 4.28. The Labute approximate surface area is 101 Å². The van der Waals surface area contributed by atoms with Crippen molar-refractivity contribution in [2.45, 2.75) is 13.8 Å². The summed E-state index contributed by atoms with van der Waals surface area (Å²) < 4.78 is 1.31. The number of hydrogen-bond acceptors (Lipinski definition) is 3. The molecule has 0 aliphatic rings. The second-order valence-electron chi connectivity index (χ2n) is 3.00. The summed E-state index contributed by atoms with van der Waals surface area (Å²) in [5.41, 5.74) is 2.28. The van der Waals surface area contributed by atoms with Gasteiger partial charge in [-0.3, -0.25) is 0 Å². The number of aromatic nitrogens is 2. The maximum atomic E-state index is 4.27. The third-order valence-corrected chi connectivity index (χ3v) is 4.76. The number of thiophene rings is 1. The molecule has 0 radical (unpaired) electrons. The van der Waals surface area contributed by atoms with Gasteiger partial charge in [-0.1, -0.05) is 0 Å². The van der Waals surface area contributed by atoms with Gasteiger partial charge < -0.3 is 0 Å². The smallest absolute Gasteiger partial charge is 0.116 e. The molecule has 72 valence electrons. The molecule has 0 aromatic carbocycles. The van der Waals surface area contributed by atoms with Gasteiger partial charge >= 0.3 is 0 Å². The fraction of sp³-hybridized carbons (Fsp3) is 0.200. The predicted molar refractivity (Wildman–Crippen MR) is 67.5 cm³/mol. The van der Waals surface area contributed by atoms with Crippen LogP contribution in [0.1, 0.15) is 9.75 Å². The van der Waals surface area contributed by atoms with Crippen molar-refractivity contribution in [2.24, 2.45) is 0 Å². The van der Waals surface area contributed by atoms with Gasteiger partial charge in [0.2, 0.25) is 0 Å². The average molecular weight is 316 g/mol. The summed E-state index contributed by atoms with van der Waals surface area (Å²) in [5.74, 6) is 0. The zero-order chi connectivity index (χ0) is 10.1. The highest BCUT2D eigenvalue weighted by Gasteiger charge is 2.12. The first kappa shape index (κ1) is 10.0. The van der Waals surface area contributed by atoms with E-state index in [2.05, 4.69) is 46.4 Å². The van der Waals surface area contributed by atoms with Gasteiger partial charge in [-0.25, -0.2) is 9.97 Å². The van der Waals surface area contributed by atoms with Gasteiger partial charge in [-0.05, 0) is 42.5 Å². The molecule has 14 heavy (non-hydrogen) atoms. The number of hydrogen-bond donors (Lipinski definition) is 0. The molecule has 4 heteroatoms. The van der Waals surface area contributed by atoms with Gasteiger partial charge in [0.15, 0.2) is 0 Å². The Morgan fingerprint density at radius 1 is 1.29 bits per heavy atom. The van der Waals surface area contributed by atoms with Crippen LogP contribution < -0.4 is 0 Å². The highest BCUT2D eigenvalue weighted by atomic mass is 127. The van der Waals surface area contributed by atoms with Crippen LogP contribution in [0.5, 0.6) is 0 Å². The molecule has 0 spiro atoms. The lowest BCUT2D eigenvalue weighted by atomic mass is 10.2. The quantitative estimate of drug-likeness (QED) is 0.753. The van der Waals surface area contributed by atoms with Crippen molar-refractivity contribution >= 4 is 33.9 Å². The van der Waals surface area contributed by atoms with Crippen molar-refractivity contribution in [1.82, 2.24) is 9.97 Å². The van der Waals surface area contributed by atoms with E-state index in [0.717, 1.165) is 5.69 Å². The van der Waals surface area contributed by atoms with E-state index in [1.165, 1.54) is 18.9 Å². The normalized spacial score (nSPS) is 10.5. The molecule has 2 heterocycles. The summed E-state index contributed by atoms with van der Waals surface area (Å²) in [4.78, 5) is 10.9. The standard InChI is InChI=1S/C10H9IN2S/c1-6-9(10(11)7(2)14-6)8-3-4-12-5-13-8/h3-5H,1-2H3. The van der Waals surface area contributed by atoms with Crippen molar-refractivity contribution in [1.29, 1.82) is 0 Å². The number of nitrogens with zero attached hydrogens (tertiary/aromatic N) is 2. The molecular weight excluding hydrogens is 307 g/mol. The Morgan fingerprint density at radius 3 is 2.57 bits per heavy atom. The van der Waals surface area contributed by atoms with Crippen LogP contribution in [0.4, 0.5) is 0 Å². The van der Waals surface area contributed by atoms with E-state index in [-0.39, 0.29) is 0 Å². The van der Waals surface area contributed by atoms with Crippen LogP contribution in [0.3, 0.4) is 0 Å². The highest BCUT2D eigenvalue weighted by molar-refractivity contribution is 14.1. The molecule has 0 amide bonds. The Balaban J connectivity index is 2.62. The van der Waals surface area contributed by atoms with Crippen LogP contribution in [0, 0.1) is 17.4 Å². The lowest BCUT2D eigenvalue weighted by Crippen LogP contribution is -1.86. The maximum absolute atomic E-state index is 4.27. The van der Waals surface area contributed by atoms with E-state index in [1.807, 2.05) is 17.4 Å². The predicted octanol–water partition coefficient (Wildman–Crippen LogP) is 3.43. The number of halogens is 1. The third kappa shape index (κ3) is 1.68. The monoisotopic (exact) mass is 316 g/mol. The largest absolute Gasteiger partial charge is 0.245 e. The van der Waals surface area contributed by atoms with Crippen molar-refractivity contribution in [3.63, 3.8) is 0 Å². The van der Waals surface area contributed by atoms with Crippen LogP contribution in [-0.4, -0.2) is 9.97 Å². The topological polar surface area (TPSA) is 25.8 Å². The molecule has 2 rings (SSSR count). The lowest BCUT2D eigenvalue weighted by molar-refractivity contribution is 1.17. The Hall–Kier alpha value is -0.490. The first-order valence-corrected chi connectivity index (χ1v) is 6.11. The summed E-state index contributed by atoms with van der Waals surface area (Å²) in [7, 11) is 0.